The van der Waals surface area contributed by atoms with Gasteiger partial charge in [-0.3, -0.25) is 4.79 Å². The predicted molar refractivity (Wildman–Crippen MR) is 112 cm³/mol. The molecule has 7 nitrogen and oxygen atoms in total. The van der Waals surface area contributed by atoms with Crippen molar-refractivity contribution < 1.29 is 9.53 Å². The van der Waals surface area contributed by atoms with Crippen molar-refractivity contribution in [2.24, 2.45) is 5.10 Å². The van der Waals surface area contributed by atoms with Crippen LogP contribution in [0.4, 0.5) is 5.95 Å². The zero-order valence-electron chi connectivity index (χ0n) is 15.3. The van der Waals surface area contributed by atoms with Gasteiger partial charge in [-0.15, -0.1) is 0 Å². The highest BCUT2D eigenvalue weighted by molar-refractivity contribution is 9.10. The Hall–Kier alpha value is -3.13. The molecule has 0 unspecified atom stereocenters. The van der Waals surface area contributed by atoms with Crippen LogP contribution in [-0.4, -0.2) is 28.4 Å². The number of nitrogens with one attached hydrogen (secondary N) is 1. The first kappa shape index (κ1) is 19.6. The van der Waals surface area contributed by atoms with Crippen molar-refractivity contribution in [2.75, 3.05) is 12.3 Å². The minimum absolute atomic E-state index is 0.0956. The molecule has 3 aromatic rings. The number of carbonyl (C=O) groups excluding carboxylic acids is 1. The van der Waals surface area contributed by atoms with Gasteiger partial charge in [0.05, 0.1) is 18.1 Å². The minimum atomic E-state index is -0.205. The number of nitrogen functional groups attached to an aromatic ring is 1. The Morgan fingerprint density at radius 3 is 2.82 bits per heavy atom. The van der Waals surface area contributed by atoms with E-state index in [4.69, 9.17) is 10.5 Å². The average Bonchev–Trinajstić information content (AvgIpc) is 3.01. The van der Waals surface area contributed by atoms with E-state index in [9.17, 15) is 4.79 Å². The number of anilines is 1. The third kappa shape index (κ3) is 5.43. The van der Waals surface area contributed by atoms with Gasteiger partial charge < -0.3 is 15.8 Å². The largest absolute Gasteiger partial charge is 0.483 e. The van der Waals surface area contributed by atoms with Crippen molar-refractivity contribution >= 4 is 34.0 Å². The molecule has 0 spiro atoms. The molecule has 0 bridgehead atoms. The highest BCUT2D eigenvalue weighted by Gasteiger charge is 2.07. The maximum atomic E-state index is 12.1. The Bertz CT molecular complexity index is 986. The number of hydrogen-bond acceptors (Lipinski definition) is 5. The fourth-order valence-electron chi connectivity index (χ4n) is 2.46. The van der Waals surface area contributed by atoms with Crippen molar-refractivity contribution in [1.82, 2.24) is 15.0 Å². The van der Waals surface area contributed by atoms with Crippen molar-refractivity contribution in [1.29, 1.82) is 0 Å². The lowest BCUT2D eigenvalue weighted by molar-refractivity contribution is -0.123. The fourth-order valence-corrected chi connectivity index (χ4v) is 2.84. The molecule has 0 fully saturated rings. The molecule has 0 radical (unpaired) electrons. The molecule has 3 rings (SSSR count). The quantitative estimate of drug-likeness (QED) is 0.550. The van der Waals surface area contributed by atoms with Gasteiger partial charge in [0.25, 0.3) is 5.91 Å². The second-order valence-corrected chi connectivity index (χ2v) is 6.98. The number of imidazole rings is 1. The van der Waals surface area contributed by atoms with Gasteiger partial charge in [-0.05, 0) is 30.7 Å². The summed E-state index contributed by atoms with van der Waals surface area (Å²) in [6.07, 6.45) is 3.33. The van der Waals surface area contributed by atoms with E-state index in [-0.39, 0.29) is 12.5 Å². The summed E-state index contributed by atoms with van der Waals surface area (Å²) in [6.45, 7) is 2.20. The number of carbonyl (C=O) groups is 1. The Kier molecular flexibility index (Phi) is 6.44. The number of benzene rings is 2. The molecule has 1 aromatic heterocycles. The van der Waals surface area contributed by atoms with Crippen LogP contribution in [0.15, 0.2) is 64.3 Å². The number of rotatable bonds is 7. The number of amides is 1. The Morgan fingerprint density at radius 1 is 1.32 bits per heavy atom. The van der Waals surface area contributed by atoms with E-state index in [2.05, 4.69) is 31.3 Å². The molecule has 3 N–H and O–H groups in total. The number of aryl methyl sites for hydroxylation is 1. The summed E-state index contributed by atoms with van der Waals surface area (Å²) in [5.74, 6) is 0.632. The topological polar surface area (TPSA) is 94.5 Å². The summed E-state index contributed by atoms with van der Waals surface area (Å²) in [5.41, 5.74) is 8.30. The molecule has 0 aliphatic rings. The summed E-state index contributed by atoms with van der Waals surface area (Å²) < 4.78 is 8.03. The third-order valence-electron chi connectivity index (χ3n) is 3.82. The SMILES string of the molecule is Cc1cn(N=Cc2cc(Br)ccc2OCC(=O)NCc2ccccc2)c(N)n1. The van der Waals surface area contributed by atoms with Crippen molar-refractivity contribution in [3.63, 3.8) is 0 Å². The molecule has 144 valence electrons. The van der Waals surface area contributed by atoms with Gasteiger partial charge in [0.1, 0.15) is 5.75 Å². The molecule has 0 saturated carbocycles. The maximum Gasteiger partial charge on any atom is 0.258 e. The number of aromatic nitrogens is 2. The van der Waals surface area contributed by atoms with E-state index in [1.807, 2.05) is 49.4 Å². The zero-order valence-corrected chi connectivity index (χ0v) is 16.9. The van der Waals surface area contributed by atoms with Gasteiger partial charge in [-0.2, -0.15) is 5.10 Å². The van der Waals surface area contributed by atoms with Crippen molar-refractivity contribution in [3.8, 4) is 5.75 Å². The number of hydrogen-bond donors (Lipinski definition) is 2. The zero-order chi connectivity index (χ0) is 19.9. The molecule has 1 heterocycles. The van der Waals surface area contributed by atoms with Gasteiger partial charge in [-0.25, -0.2) is 9.66 Å². The normalized spacial score (nSPS) is 10.9. The van der Waals surface area contributed by atoms with Crippen LogP contribution in [0.2, 0.25) is 0 Å². The average molecular weight is 442 g/mol. The fraction of sp³-hybridized carbons (Fsp3) is 0.150. The number of ether oxygens (including phenoxy) is 1. The number of nitrogens with zero attached hydrogens (tertiary/aromatic N) is 3. The lowest BCUT2D eigenvalue weighted by Crippen LogP contribution is -2.28. The number of nitrogens with two attached hydrogens (primary N) is 1. The summed E-state index contributed by atoms with van der Waals surface area (Å²) >= 11 is 3.43. The molecule has 0 aliphatic heterocycles. The first-order chi connectivity index (χ1) is 13.5. The summed E-state index contributed by atoms with van der Waals surface area (Å²) in [4.78, 5) is 16.2. The van der Waals surface area contributed by atoms with Gasteiger partial charge in [0.2, 0.25) is 5.95 Å². The summed E-state index contributed by atoms with van der Waals surface area (Å²) in [6, 6.07) is 15.2. The van der Waals surface area contributed by atoms with Crippen LogP contribution in [0, 0.1) is 6.92 Å². The lowest BCUT2D eigenvalue weighted by atomic mass is 10.2. The first-order valence-corrected chi connectivity index (χ1v) is 9.39. The Labute approximate surface area is 171 Å². The minimum Gasteiger partial charge on any atom is -0.483 e. The van der Waals surface area contributed by atoms with Gasteiger partial charge in [-0.1, -0.05) is 46.3 Å². The van der Waals surface area contributed by atoms with E-state index in [1.54, 1.807) is 18.5 Å². The van der Waals surface area contributed by atoms with Crippen LogP contribution >= 0.6 is 15.9 Å². The molecule has 0 saturated heterocycles. The molecule has 8 heteroatoms. The smallest absolute Gasteiger partial charge is 0.258 e. The molecule has 2 aromatic carbocycles. The van der Waals surface area contributed by atoms with Crippen LogP contribution in [0.5, 0.6) is 5.75 Å². The van der Waals surface area contributed by atoms with Gasteiger partial charge in [0.15, 0.2) is 6.61 Å². The lowest BCUT2D eigenvalue weighted by Gasteiger charge is -2.10. The van der Waals surface area contributed by atoms with Crippen LogP contribution < -0.4 is 15.8 Å². The highest BCUT2D eigenvalue weighted by atomic mass is 79.9. The molecule has 28 heavy (non-hydrogen) atoms. The molecule has 1 amide bonds. The third-order valence-corrected chi connectivity index (χ3v) is 4.31. The van der Waals surface area contributed by atoms with Crippen LogP contribution in [-0.2, 0) is 11.3 Å². The predicted octanol–water partition coefficient (Wildman–Crippen LogP) is 3.11. The Morgan fingerprint density at radius 2 is 2.11 bits per heavy atom. The van der Waals surface area contributed by atoms with Crippen molar-refractivity contribution in [3.05, 3.63) is 76.0 Å². The number of halogens is 1. The van der Waals surface area contributed by atoms with E-state index < -0.39 is 0 Å². The van der Waals surface area contributed by atoms with E-state index in [0.29, 0.717) is 23.8 Å². The van der Waals surface area contributed by atoms with E-state index >= 15 is 0 Å². The van der Waals surface area contributed by atoms with Crippen LogP contribution in [0.3, 0.4) is 0 Å². The summed E-state index contributed by atoms with van der Waals surface area (Å²) in [7, 11) is 0. The summed E-state index contributed by atoms with van der Waals surface area (Å²) in [5, 5.41) is 7.14. The van der Waals surface area contributed by atoms with Crippen LogP contribution in [0.1, 0.15) is 16.8 Å². The van der Waals surface area contributed by atoms with Gasteiger partial charge >= 0.3 is 0 Å². The molecular formula is C20H20BrN5O2. The first-order valence-electron chi connectivity index (χ1n) is 8.60. The molecule has 0 aliphatic carbocycles. The maximum absolute atomic E-state index is 12.1. The van der Waals surface area contributed by atoms with Crippen molar-refractivity contribution in [2.45, 2.75) is 13.5 Å². The van der Waals surface area contributed by atoms with Gasteiger partial charge in [0, 0.05) is 16.6 Å². The second kappa shape index (κ2) is 9.18. The van der Waals surface area contributed by atoms with Crippen LogP contribution in [0.25, 0.3) is 0 Å². The molecular weight excluding hydrogens is 422 g/mol. The highest BCUT2D eigenvalue weighted by Crippen LogP contribution is 2.22. The monoisotopic (exact) mass is 441 g/mol. The van der Waals surface area contributed by atoms with E-state index in [0.717, 1.165) is 15.7 Å². The standard InChI is InChI=1S/C20H20BrN5O2/c1-14-12-26(20(22)25-14)24-11-16-9-17(21)7-8-18(16)28-13-19(27)23-10-15-5-3-2-4-6-15/h2-9,11-12H,10,13H2,1H3,(H2,22,25)(H,23,27). The molecule has 0 atom stereocenters. The second-order valence-electron chi connectivity index (χ2n) is 6.06. The van der Waals surface area contributed by atoms with E-state index in [1.165, 1.54) is 4.68 Å². The Balaban J connectivity index is 1.63.